The second-order valence-electron chi connectivity index (χ2n) is 9.46. The first-order valence-electron chi connectivity index (χ1n) is 12.0. The minimum Gasteiger partial charge on any atom is -0.368 e. The van der Waals surface area contributed by atoms with Gasteiger partial charge in [-0.1, -0.05) is 36.4 Å². The van der Waals surface area contributed by atoms with E-state index in [9.17, 15) is 0 Å². The zero-order chi connectivity index (χ0) is 22.4. The highest BCUT2D eigenvalue weighted by molar-refractivity contribution is 7.16. The molecule has 0 bridgehead atoms. The molecule has 2 N–H and O–H groups in total. The quantitative estimate of drug-likeness (QED) is 0.644. The molecular formula is C26H32N6S. The third kappa shape index (κ3) is 3.93. The highest BCUT2D eigenvalue weighted by Crippen LogP contribution is 2.43. The van der Waals surface area contributed by atoms with Crippen LogP contribution in [-0.4, -0.2) is 73.9 Å². The Bertz CT molecular complexity index is 1170. The van der Waals surface area contributed by atoms with Crippen molar-refractivity contribution in [1.82, 2.24) is 14.7 Å². The van der Waals surface area contributed by atoms with Gasteiger partial charge in [-0.05, 0) is 30.5 Å². The first kappa shape index (κ1) is 21.1. The van der Waals surface area contributed by atoms with Crippen LogP contribution in [0.1, 0.15) is 22.2 Å². The van der Waals surface area contributed by atoms with Gasteiger partial charge in [0.15, 0.2) is 0 Å². The van der Waals surface area contributed by atoms with Gasteiger partial charge in [0.05, 0.1) is 6.34 Å². The van der Waals surface area contributed by atoms with Crippen LogP contribution in [0.2, 0.25) is 0 Å². The number of aliphatic imine (C=N–C) groups is 1. The number of anilines is 1. The van der Waals surface area contributed by atoms with Gasteiger partial charge >= 0.3 is 0 Å². The number of fused-ring (bicyclic) bond motifs is 4. The number of nitrogens with zero attached hydrogens (tertiary/aromatic N) is 5. The Morgan fingerprint density at radius 2 is 1.82 bits per heavy atom. The number of nitrogens with two attached hydrogens (primary N) is 1. The van der Waals surface area contributed by atoms with E-state index in [1.807, 2.05) is 17.7 Å². The summed E-state index contributed by atoms with van der Waals surface area (Å²) in [5, 5.41) is 3.80. The third-order valence-corrected chi connectivity index (χ3v) is 8.54. The first-order valence-corrected chi connectivity index (χ1v) is 12.8. The van der Waals surface area contributed by atoms with Crippen LogP contribution >= 0.6 is 11.3 Å². The van der Waals surface area contributed by atoms with Crippen LogP contribution in [0.15, 0.2) is 47.5 Å². The van der Waals surface area contributed by atoms with E-state index in [-0.39, 0.29) is 6.17 Å². The average molecular weight is 461 g/mol. The van der Waals surface area contributed by atoms with E-state index < -0.39 is 0 Å². The summed E-state index contributed by atoms with van der Waals surface area (Å²) < 4.78 is 0. The number of thiophene rings is 1. The van der Waals surface area contributed by atoms with Gasteiger partial charge in [0, 0.05) is 73.9 Å². The van der Waals surface area contributed by atoms with E-state index in [0.29, 0.717) is 0 Å². The predicted octanol–water partition coefficient (Wildman–Crippen LogP) is 3.64. The van der Waals surface area contributed by atoms with E-state index in [1.165, 1.54) is 32.5 Å². The molecule has 7 heteroatoms. The maximum absolute atomic E-state index is 6.76. The van der Waals surface area contributed by atoms with Crippen molar-refractivity contribution < 1.29 is 0 Å². The molecule has 6 rings (SSSR count). The van der Waals surface area contributed by atoms with Gasteiger partial charge in [-0.15, -0.1) is 11.3 Å². The van der Waals surface area contributed by atoms with Crippen LogP contribution in [-0.2, 0) is 13.0 Å². The van der Waals surface area contributed by atoms with Crippen LogP contribution in [0.3, 0.4) is 0 Å². The van der Waals surface area contributed by atoms with Gasteiger partial charge < -0.3 is 20.4 Å². The van der Waals surface area contributed by atoms with E-state index in [0.717, 1.165) is 63.8 Å². The molecule has 0 aliphatic carbocycles. The predicted molar refractivity (Wildman–Crippen MR) is 139 cm³/mol. The Hall–Kier alpha value is -2.45. The molecule has 1 unspecified atom stereocenters. The second kappa shape index (κ2) is 8.72. The number of hydrogen-bond acceptors (Lipinski definition) is 7. The zero-order valence-corrected chi connectivity index (χ0v) is 20.1. The minimum absolute atomic E-state index is 0.0714. The van der Waals surface area contributed by atoms with Crippen LogP contribution in [0.5, 0.6) is 0 Å². The second-order valence-corrected chi connectivity index (χ2v) is 10.5. The summed E-state index contributed by atoms with van der Waals surface area (Å²) in [7, 11) is 2.19. The highest BCUT2D eigenvalue weighted by atomic mass is 32.1. The molecule has 1 aromatic heterocycles. The molecule has 1 saturated heterocycles. The Morgan fingerprint density at radius 3 is 2.70 bits per heavy atom. The molecule has 0 saturated carbocycles. The van der Waals surface area contributed by atoms with Crippen LogP contribution in [0.4, 0.5) is 10.7 Å². The van der Waals surface area contributed by atoms with Gasteiger partial charge in [0.1, 0.15) is 11.2 Å². The molecule has 2 aromatic carbocycles. The van der Waals surface area contributed by atoms with Crippen molar-refractivity contribution in [3.8, 4) is 0 Å². The normalized spacial score (nSPS) is 21.5. The average Bonchev–Trinajstić information content (AvgIpc) is 3.22. The van der Waals surface area contributed by atoms with E-state index >= 15 is 0 Å². The number of rotatable bonds is 4. The molecule has 0 amide bonds. The van der Waals surface area contributed by atoms with E-state index in [2.05, 4.69) is 69.1 Å². The van der Waals surface area contributed by atoms with Gasteiger partial charge in [0.25, 0.3) is 0 Å². The Kier molecular flexibility index (Phi) is 5.58. The van der Waals surface area contributed by atoms with Crippen molar-refractivity contribution in [2.75, 3.05) is 57.8 Å². The molecule has 0 spiro atoms. The summed E-state index contributed by atoms with van der Waals surface area (Å²) in [5.74, 6) is 0. The number of benzene rings is 2. The van der Waals surface area contributed by atoms with Gasteiger partial charge in [-0.3, -0.25) is 4.90 Å². The number of likely N-dealkylation sites (N-methyl/N-ethyl adjacent to an activating group) is 1. The SMILES string of the molecule is CN1CCc2c(sc3c2C(N)N(CCN2CCN(c4cccc5ccccc45)CC2)C=N3)C1. The third-order valence-electron chi connectivity index (χ3n) is 7.40. The summed E-state index contributed by atoms with van der Waals surface area (Å²) >= 11 is 1.83. The van der Waals surface area contributed by atoms with Crippen LogP contribution in [0.25, 0.3) is 10.8 Å². The first-order chi connectivity index (χ1) is 16.2. The van der Waals surface area contributed by atoms with Crippen LogP contribution in [0, 0.1) is 0 Å². The molecule has 6 nitrogen and oxygen atoms in total. The minimum atomic E-state index is -0.0714. The van der Waals surface area contributed by atoms with Gasteiger partial charge in [-0.25, -0.2) is 4.99 Å². The fourth-order valence-electron chi connectivity index (χ4n) is 5.46. The van der Waals surface area contributed by atoms with Crippen molar-refractivity contribution in [2.45, 2.75) is 19.1 Å². The zero-order valence-electron chi connectivity index (χ0n) is 19.3. The molecule has 33 heavy (non-hydrogen) atoms. The molecule has 3 aliphatic heterocycles. The van der Waals surface area contributed by atoms with E-state index in [4.69, 9.17) is 10.7 Å². The van der Waals surface area contributed by atoms with Crippen molar-refractivity contribution in [3.05, 3.63) is 58.5 Å². The molecule has 0 radical (unpaired) electrons. The largest absolute Gasteiger partial charge is 0.368 e. The van der Waals surface area contributed by atoms with Crippen molar-refractivity contribution in [2.24, 2.45) is 10.7 Å². The van der Waals surface area contributed by atoms with E-state index in [1.54, 1.807) is 0 Å². The lowest BCUT2D eigenvalue weighted by molar-refractivity contribution is 0.217. The summed E-state index contributed by atoms with van der Waals surface area (Å²) in [6.45, 7) is 8.34. The Morgan fingerprint density at radius 1 is 1.00 bits per heavy atom. The van der Waals surface area contributed by atoms with Crippen LogP contribution < -0.4 is 10.6 Å². The van der Waals surface area contributed by atoms with Crippen molar-refractivity contribution in [1.29, 1.82) is 0 Å². The Balaban J connectivity index is 1.08. The topological polar surface area (TPSA) is 51.3 Å². The molecule has 3 aromatic rings. The summed E-state index contributed by atoms with van der Waals surface area (Å²) in [4.78, 5) is 16.0. The van der Waals surface area contributed by atoms with Gasteiger partial charge in [0.2, 0.25) is 0 Å². The summed E-state index contributed by atoms with van der Waals surface area (Å²) in [6, 6.07) is 15.3. The molecular weight excluding hydrogens is 428 g/mol. The molecule has 4 heterocycles. The lowest BCUT2D eigenvalue weighted by Crippen LogP contribution is -2.49. The number of hydrogen-bond donors (Lipinski definition) is 1. The Labute approximate surface area is 199 Å². The molecule has 1 atom stereocenters. The number of piperazine rings is 1. The highest BCUT2D eigenvalue weighted by Gasteiger charge is 2.31. The fourth-order valence-corrected chi connectivity index (χ4v) is 6.76. The standard InChI is InChI=1S/C26H32N6S/c1-29-10-9-21-23(17-29)33-26-24(21)25(27)32(18-28-26)16-13-30-11-14-31(15-12-30)22-8-4-6-19-5-2-3-7-20(19)22/h2-8,18,25H,9-17,27H2,1H3. The van der Waals surface area contributed by atoms with Crippen molar-refractivity contribution >= 4 is 39.1 Å². The van der Waals surface area contributed by atoms with Gasteiger partial charge in [-0.2, -0.15) is 0 Å². The maximum Gasteiger partial charge on any atom is 0.124 e. The van der Waals surface area contributed by atoms with Crippen molar-refractivity contribution in [3.63, 3.8) is 0 Å². The smallest absolute Gasteiger partial charge is 0.124 e. The maximum atomic E-state index is 6.76. The molecule has 172 valence electrons. The summed E-state index contributed by atoms with van der Waals surface area (Å²) in [5.41, 5.74) is 10.9. The fraction of sp³-hybridized carbons (Fsp3) is 0.423. The summed E-state index contributed by atoms with van der Waals surface area (Å²) in [6.07, 6.45) is 2.99. The molecule has 1 fully saturated rings. The monoisotopic (exact) mass is 460 g/mol. The molecule has 3 aliphatic rings. The lowest BCUT2D eigenvalue weighted by atomic mass is 10.0. The lowest BCUT2D eigenvalue weighted by Gasteiger charge is -2.38.